The van der Waals surface area contributed by atoms with Gasteiger partial charge < -0.3 is 5.32 Å². The lowest BCUT2D eigenvalue weighted by atomic mass is 9.85. The lowest BCUT2D eigenvalue weighted by Crippen LogP contribution is -2.31. The van der Waals surface area contributed by atoms with Crippen LogP contribution in [0.15, 0.2) is 60.7 Å². The maximum absolute atomic E-state index is 13.2. The van der Waals surface area contributed by atoms with E-state index in [1.165, 1.54) is 36.4 Å². The Morgan fingerprint density at radius 1 is 0.933 bits per heavy atom. The maximum atomic E-state index is 13.2. The second-order valence-corrected chi connectivity index (χ2v) is 7.22. The number of nitrogens with zero attached hydrogens (tertiary/aromatic N) is 1. The summed E-state index contributed by atoms with van der Waals surface area (Å²) in [7, 11) is 0. The van der Waals surface area contributed by atoms with Gasteiger partial charge >= 0.3 is 6.18 Å². The fourth-order valence-electron chi connectivity index (χ4n) is 3.87. The fraction of sp³-hybridized carbons (Fsp3) is 0.227. The van der Waals surface area contributed by atoms with Crippen LogP contribution in [0.2, 0.25) is 0 Å². The SMILES string of the molecule is O=C(Nc1ccccc1C(F)(F)F)c1cccc(N2C(=O)[C@@H]3CC=CC[C@H]3C2=O)c1. The van der Waals surface area contributed by atoms with Gasteiger partial charge in [-0.05, 0) is 43.2 Å². The van der Waals surface area contributed by atoms with Crippen molar-refractivity contribution in [2.45, 2.75) is 19.0 Å². The topological polar surface area (TPSA) is 66.5 Å². The first-order chi connectivity index (χ1) is 14.3. The number of hydrogen-bond donors (Lipinski definition) is 1. The van der Waals surface area contributed by atoms with Gasteiger partial charge in [0.05, 0.1) is 28.8 Å². The number of benzene rings is 2. The number of rotatable bonds is 3. The first-order valence-corrected chi connectivity index (χ1v) is 9.38. The number of carbonyl (C=O) groups is 3. The molecule has 0 spiro atoms. The molecule has 1 fully saturated rings. The number of anilines is 2. The van der Waals surface area contributed by atoms with E-state index in [2.05, 4.69) is 5.32 Å². The van der Waals surface area contributed by atoms with Crippen molar-refractivity contribution in [3.63, 3.8) is 0 Å². The number of carbonyl (C=O) groups excluding carboxylic acids is 3. The van der Waals surface area contributed by atoms with Crippen LogP contribution in [0.5, 0.6) is 0 Å². The molecule has 2 aromatic rings. The predicted octanol–water partition coefficient (Wildman–Crippen LogP) is 4.41. The van der Waals surface area contributed by atoms with E-state index in [4.69, 9.17) is 0 Å². The molecule has 2 aliphatic rings. The summed E-state index contributed by atoms with van der Waals surface area (Å²) in [6, 6.07) is 10.4. The van der Waals surface area contributed by atoms with Crippen LogP contribution in [0.1, 0.15) is 28.8 Å². The molecule has 154 valence electrons. The summed E-state index contributed by atoms with van der Waals surface area (Å²) in [5.41, 5.74) is -1.06. The Labute approximate surface area is 170 Å². The van der Waals surface area contributed by atoms with Gasteiger partial charge in [0, 0.05) is 5.56 Å². The molecule has 30 heavy (non-hydrogen) atoms. The smallest absolute Gasteiger partial charge is 0.321 e. The molecule has 3 amide bonds. The summed E-state index contributed by atoms with van der Waals surface area (Å²) < 4.78 is 39.5. The van der Waals surface area contributed by atoms with Crippen LogP contribution in [0.25, 0.3) is 0 Å². The molecule has 2 aromatic carbocycles. The van der Waals surface area contributed by atoms with Crippen LogP contribution in [-0.4, -0.2) is 17.7 Å². The minimum Gasteiger partial charge on any atom is -0.321 e. The molecule has 1 aliphatic carbocycles. The lowest BCUT2D eigenvalue weighted by Gasteiger charge is -2.16. The zero-order valence-corrected chi connectivity index (χ0v) is 15.6. The standard InChI is InChI=1S/C22H17F3N2O3/c23-22(24,25)17-10-3-4-11-18(17)26-19(28)13-6-5-7-14(12-13)27-20(29)15-8-1-2-9-16(15)21(27)30/h1-7,10-12,15-16H,8-9H2,(H,26,28)/t15-,16-/m1/s1. The van der Waals surface area contributed by atoms with Crippen LogP contribution in [0.4, 0.5) is 24.5 Å². The summed E-state index contributed by atoms with van der Waals surface area (Å²) in [6.07, 6.45) is 0.0976. The average molecular weight is 414 g/mol. The molecule has 0 saturated carbocycles. The Bertz CT molecular complexity index is 1040. The average Bonchev–Trinajstić information content (AvgIpc) is 2.98. The van der Waals surface area contributed by atoms with Crippen molar-refractivity contribution in [1.29, 1.82) is 0 Å². The Kier molecular flexibility index (Phi) is 4.93. The second-order valence-electron chi connectivity index (χ2n) is 7.22. The Balaban J connectivity index is 1.60. The summed E-state index contributed by atoms with van der Waals surface area (Å²) >= 11 is 0. The maximum Gasteiger partial charge on any atom is 0.418 e. The highest BCUT2D eigenvalue weighted by molar-refractivity contribution is 6.22. The zero-order chi connectivity index (χ0) is 21.5. The van der Waals surface area contributed by atoms with Gasteiger partial charge in [0.15, 0.2) is 0 Å². The molecule has 5 nitrogen and oxygen atoms in total. The lowest BCUT2D eigenvalue weighted by molar-refractivity contribution is -0.137. The van der Waals surface area contributed by atoms with Gasteiger partial charge in [-0.15, -0.1) is 0 Å². The number of allylic oxidation sites excluding steroid dienone is 2. The van der Waals surface area contributed by atoms with Gasteiger partial charge in [0.2, 0.25) is 11.8 Å². The van der Waals surface area contributed by atoms with E-state index < -0.39 is 29.5 Å². The molecule has 1 aliphatic heterocycles. The van der Waals surface area contributed by atoms with Gasteiger partial charge in [0.1, 0.15) is 0 Å². The first-order valence-electron chi connectivity index (χ1n) is 9.38. The van der Waals surface area contributed by atoms with Crippen LogP contribution in [0, 0.1) is 11.8 Å². The second kappa shape index (κ2) is 7.44. The quantitative estimate of drug-likeness (QED) is 0.598. The van der Waals surface area contributed by atoms with Crippen LogP contribution < -0.4 is 10.2 Å². The summed E-state index contributed by atoms with van der Waals surface area (Å²) in [6.45, 7) is 0. The zero-order valence-electron chi connectivity index (χ0n) is 15.6. The number of nitrogens with one attached hydrogen (secondary N) is 1. The normalized spacial score (nSPS) is 21.0. The van der Waals surface area contributed by atoms with Gasteiger partial charge in [0.25, 0.3) is 5.91 Å². The number of fused-ring (bicyclic) bond motifs is 1. The van der Waals surface area contributed by atoms with Crippen molar-refractivity contribution in [2.24, 2.45) is 11.8 Å². The largest absolute Gasteiger partial charge is 0.418 e. The summed E-state index contributed by atoms with van der Waals surface area (Å²) in [4.78, 5) is 39.1. The van der Waals surface area contributed by atoms with Crippen LogP contribution >= 0.6 is 0 Å². The molecule has 2 atom stereocenters. The molecule has 0 aromatic heterocycles. The number of alkyl halides is 3. The molecule has 0 bridgehead atoms. The molecule has 0 radical (unpaired) electrons. The van der Waals surface area contributed by atoms with E-state index in [1.807, 2.05) is 12.2 Å². The number of hydrogen-bond acceptors (Lipinski definition) is 3. The Morgan fingerprint density at radius 3 is 2.20 bits per heavy atom. The minimum atomic E-state index is -4.62. The molecule has 8 heteroatoms. The Morgan fingerprint density at radius 2 is 1.57 bits per heavy atom. The van der Waals surface area contributed by atoms with E-state index in [9.17, 15) is 27.6 Å². The van der Waals surface area contributed by atoms with E-state index in [0.717, 1.165) is 17.0 Å². The third kappa shape index (κ3) is 3.49. The number of imide groups is 1. The third-order valence-electron chi connectivity index (χ3n) is 5.35. The highest BCUT2D eigenvalue weighted by Crippen LogP contribution is 2.38. The minimum absolute atomic E-state index is 0.0399. The van der Waals surface area contributed by atoms with Crippen molar-refractivity contribution in [1.82, 2.24) is 0 Å². The van der Waals surface area contributed by atoms with E-state index in [0.29, 0.717) is 12.8 Å². The predicted molar refractivity (Wildman–Crippen MR) is 104 cm³/mol. The van der Waals surface area contributed by atoms with E-state index in [1.54, 1.807) is 0 Å². The molecule has 1 saturated heterocycles. The molecule has 1 N–H and O–H groups in total. The van der Waals surface area contributed by atoms with Crippen LogP contribution in [0.3, 0.4) is 0 Å². The van der Waals surface area contributed by atoms with E-state index in [-0.39, 0.29) is 28.8 Å². The van der Waals surface area contributed by atoms with Gasteiger partial charge in [-0.25, -0.2) is 0 Å². The highest BCUT2D eigenvalue weighted by Gasteiger charge is 2.47. The van der Waals surface area contributed by atoms with Crippen molar-refractivity contribution >= 4 is 29.1 Å². The first kappa shape index (κ1) is 19.9. The van der Waals surface area contributed by atoms with Crippen LogP contribution in [-0.2, 0) is 15.8 Å². The van der Waals surface area contributed by atoms with Crippen molar-refractivity contribution in [3.05, 3.63) is 71.8 Å². The van der Waals surface area contributed by atoms with Gasteiger partial charge in [-0.3, -0.25) is 19.3 Å². The molecule has 1 heterocycles. The molecule has 0 unspecified atom stereocenters. The number of halogens is 3. The van der Waals surface area contributed by atoms with Crippen molar-refractivity contribution < 1.29 is 27.6 Å². The Hall–Kier alpha value is -3.42. The number of amides is 3. The van der Waals surface area contributed by atoms with Gasteiger partial charge in [-0.1, -0.05) is 30.4 Å². The van der Waals surface area contributed by atoms with Crippen molar-refractivity contribution in [3.8, 4) is 0 Å². The van der Waals surface area contributed by atoms with Gasteiger partial charge in [-0.2, -0.15) is 13.2 Å². The molecular weight excluding hydrogens is 397 g/mol. The van der Waals surface area contributed by atoms with E-state index >= 15 is 0 Å². The monoisotopic (exact) mass is 414 g/mol. The number of para-hydroxylation sites is 1. The molecule has 4 rings (SSSR count). The summed E-state index contributed by atoms with van der Waals surface area (Å²) in [5.74, 6) is -2.26. The fourth-order valence-corrected chi connectivity index (χ4v) is 3.87. The highest BCUT2D eigenvalue weighted by atomic mass is 19.4. The third-order valence-corrected chi connectivity index (χ3v) is 5.35. The summed E-state index contributed by atoms with van der Waals surface area (Å²) in [5, 5.41) is 2.27. The molecular formula is C22H17F3N2O3. The van der Waals surface area contributed by atoms with Crippen molar-refractivity contribution in [2.75, 3.05) is 10.2 Å².